The monoisotopic (exact) mass is 331 g/mol. The smallest absolute Gasteiger partial charge is 0.416 e. The molecule has 0 bridgehead atoms. The number of methoxy groups -OCH3 is 1. The van der Waals surface area contributed by atoms with Crippen molar-refractivity contribution in [1.82, 2.24) is 0 Å². The molecule has 0 saturated heterocycles. The molecule has 0 saturated carbocycles. The van der Waals surface area contributed by atoms with E-state index >= 15 is 0 Å². The second-order valence-corrected chi connectivity index (χ2v) is 4.85. The molecule has 0 atom stereocenters. The minimum Gasteiger partial charge on any atom is -0.497 e. The van der Waals surface area contributed by atoms with Crippen molar-refractivity contribution >= 4 is 11.9 Å². The zero-order chi connectivity index (χ0) is 17.7. The average Bonchev–Trinajstić information content (AvgIpc) is 2.58. The first-order chi connectivity index (χ1) is 11.3. The Morgan fingerprint density at radius 2 is 1.83 bits per heavy atom. The number of allylic oxidation sites excluding steroid dienone is 1. The standard InChI is InChI=1S/C18H12F3NO2/c1-24-16-4-2-3-13(10-16)17(23)14(11-22)9-12-5-7-15(8-6-12)18(19,20)21/h2-10H,1H3/b14-9+. The van der Waals surface area contributed by atoms with Crippen LogP contribution in [0.3, 0.4) is 0 Å². The molecule has 0 aliphatic rings. The third-order valence-electron chi connectivity index (χ3n) is 3.25. The number of Topliss-reactive ketones (excluding diaryl/α,β-unsaturated/α-hetero) is 1. The lowest BCUT2D eigenvalue weighted by molar-refractivity contribution is -0.137. The molecule has 2 aromatic carbocycles. The van der Waals surface area contributed by atoms with E-state index in [9.17, 15) is 23.2 Å². The van der Waals surface area contributed by atoms with Crippen LogP contribution in [0, 0.1) is 11.3 Å². The topological polar surface area (TPSA) is 50.1 Å². The summed E-state index contributed by atoms with van der Waals surface area (Å²) in [7, 11) is 1.45. The molecule has 0 aliphatic carbocycles. The van der Waals surface area contributed by atoms with Crippen LogP contribution in [0.1, 0.15) is 21.5 Å². The first-order valence-electron chi connectivity index (χ1n) is 6.83. The maximum absolute atomic E-state index is 12.5. The maximum atomic E-state index is 12.5. The molecule has 0 heterocycles. The minimum atomic E-state index is -4.43. The van der Waals surface area contributed by atoms with E-state index in [-0.39, 0.29) is 11.1 Å². The van der Waals surface area contributed by atoms with Crippen LogP contribution >= 0.6 is 0 Å². The summed E-state index contributed by atoms with van der Waals surface area (Å²) in [6, 6.07) is 12.3. The van der Waals surface area contributed by atoms with Crippen molar-refractivity contribution in [3.8, 4) is 11.8 Å². The third kappa shape index (κ3) is 4.02. The van der Waals surface area contributed by atoms with Gasteiger partial charge in [0.1, 0.15) is 17.4 Å². The SMILES string of the molecule is COc1cccc(C(=O)/C(C#N)=C/c2ccc(C(F)(F)F)cc2)c1. The van der Waals surface area contributed by atoms with Crippen molar-refractivity contribution in [2.75, 3.05) is 7.11 Å². The van der Waals surface area contributed by atoms with E-state index in [1.165, 1.54) is 37.5 Å². The van der Waals surface area contributed by atoms with Gasteiger partial charge in [0.05, 0.1) is 12.7 Å². The highest BCUT2D eigenvalue weighted by Gasteiger charge is 2.29. The molecule has 2 rings (SSSR count). The predicted molar refractivity (Wildman–Crippen MR) is 82.4 cm³/mol. The molecule has 0 spiro atoms. The van der Waals surface area contributed by atoms with Crippen molar-refractivity contribution < 1.29 is 22.7 Å². The molecule has 0 aromatic heterocycles. The first kappa shape index (κ1) is 17.3. The zero-order valence-corrected chi connectivity index (χ0v) is 12.6. The van der Waals surface area contributed by atoms with Crippen LogP contribution < -0.4 is 4.74 Å². The molecule has 6 heteroatoms. The fourth-order valence-corrected chi connectivity index (χ4v) is 2.00. The predicted octanol–water partition coefficient (Wildman–Crippen LogP) is 4.50. The van der Waals surface area contributed by atoms with Crippen molar-refractivity contribution in [2.24, 2.45) is 0 Å². The van der Waals surface area contributed by atoms with Gasteiger partial charge in [-0.3, -0.25) is 4.79 Å². The van der Waals surface area contributed by atoms with Gasteiger partial charge in [-0.2, -0.15) is 18.4 Å². The number of halogens is 3. The number of ether oxygens (including phenoxy) is 1. The Hall–Kier alpha value is -3.07. The zero-order valence-electron chi connectivity index (χ0n) is 12.6. The summed E-state index contributed by atoms with van der Waals surface area (Å²) in [5, 5.41) is 9.18. The highest BCUT2D eigenvalue weighted by atomic mass is 19.4. The second-order valence-electron chi connectivity index (χ2n) is 4.85. The Kier molecular flexibility index (Phi) is 5.05. The summed E-state index contributed by atoms with van der Waals surface area (Å²) in [4.78, 5) is 12.3. The largest absolute Gasteiger partial charge is 0.497 e. The molecule has 2 aromatic rings. The lowest BCUT2D eigenvalue weighted by Gasteiger charge is -2.06. The summed E-state index contributed by atoms with van der Waals surface area (Å²) in [6.07, 6.45) is -3.18. The number of carbonyl (C=O) groups excluding carboxylic acids is 1. The van der Waals surface area contributed by atoms with Gasteiger partial charge in [-0.1, -0.05) is 24.3 Å². The van der Waals surface area contributed by atoms with Crippen molar-refractivity contribution in [3.63, 3.8) is 0 Å². The van der Waals surface area contributed by atoms with Crippen molar-refractivity contribution in [1.29, 1.82) is 5.26 Å². The van der Waals surface area contributed by atoms with Crippen LogP contribution in [0.4, 0.5) is 13.2 Å². The van der Waals surface area contributed by atoms with E-state index in [1.807, 2.05) is 0 Å². The van der Waals surface area contributed by atoms with Crippen molar-refractivity contribution in [2.45, 2.75) is 6.18 Å². The number of nitrogens with zero attached hydrogens (tertiary/aromatic N) is 1. The Balaban J connectivity index is 2.32. The van der Waals surface area contributed by atoms with Gasteiger partial charge < -0.3 is 4.74 Å². The van der Waals surface area contributed by atoms with Gasteiger partial charge in [0.15, 0.2) is 0 Å². The van der Waals surface area contributed by atoms with Crippen molar-refractivity contribution in [3.05, 3.63) is 70.8 Å². The molecule has 3 nitrogen and oxygen atoms in total. The van der Waals surface area contributed by atoms with Gasteiger partial charge in [0.2, 0.25) is 5.78 Å². The Labute approximate surface area is 136 Å². The molecule has 0 radical (unpaired) electrons. The first-order valence-corrected chi connectivity index (χ1v) is 6.83. The van der Waals surface area contributed by atoms with E-state index in [0.717, 1.165) is 12.1 Å². The molecule has 0 N–H and O–H groups in total. The molecular weight excluding hydrogens is 319 g/mol. The maximum Gasteiger partial charge on any atom is 0.416 e. The van der Waals surface area contributed by atoms with Gasteiger partial charge in [-0.05, 0) is 35.9 Å². The molecule has 0 unspecified atom stereocenters. The number of benzene rings is 2. The van der Waals surface area contributed by atoms with Gasteiger partial charge >= 0.3 is 6.18 Å². The number of ketones is 1. The summed E-state index contributed by atoms with van der Waals surface area (Å²) < 4.78 is 42.6. The van der Waals surface area contributed by atoms with Crippen LogP contribution in [0.25, 0.3) is 6.08 Å². The fourth-order valence-electron chi connectivity index (χ4n) is 2.00. The van der Waals surface area contributed by atoms with E-state index in [2.05, 4.69) is 0 Å². The van der Waals surface area contributed by atoms with E-state index in [1.54, 1.807) is 18.2 Å². The van der Waals surface area contributed by atoms with E-state index in [0.29, 0.717) is 11.3 Å². The summed E-state index contributed by atoms with van der Waals surface area (Å²) >= 11 is 0. The average molecular weight is 331 g/mol. The van der Waals surface area contributed by atoms with Gasteiger partial charge in [0.25, 0.3) is 0 Å². The van der Waals surface area contributed by atoms with E-state index in [4.69, 9.17) is 4.74 Å². The lowest BCUT2D eigenvalue weighted by Crippen LogP contribution is -2.04. The minimum absolute atomic E-state index is 0.178. The quantitative estimate of drug-likeness (QED) is 0.471. The lowest BCUT2D eigenvalue weighted by atomic mass is 10.0. The van der Waals surface area contributed by atoms with Gasteiger partial charge in [-0.25, -0.2) is 0 Å². The highest BCUT2D eigenvalue weighted by molar-refractivity contribution is 6.14. The molecule has 0 fully saturated rings. The molecule has 122 valence electrons. The summed E-state index contributed by atoms with van der Waals surface area (Å²) in [5.74, 6) is -0.0658. The number of hydrogen-bond donors (Lipinski definition) is 0. The molecule has 0 aliphatic heterocycles. The van der Waals surface area contributed by atoms with Crippen LogP contribution in [-0.4, -0.2) is 12.9 Å². The summed E-state index contributed by atoms with van der Waals surface area (Å²) in [6.45, 7) is 0. The molecular formula is C18H12F3NO2. The number of alkyl halides is 3. The second kappa shape index (κ2) is 7.01. The van der Waals surface area contributed by atoms with Crippen LogP contribution in [0.5, 0.6) is 5.75 Å². The van der Waals surface area contributed by atoms with Gasteiger partial charge in [0, 0.05) is 5.56 Å². The van der Waals surface area contributed by atoms with Crippen LogP contribution in [0.2, 0.25) is 0 Å². The summed E-state index contributed by atoms with van der Waals surface area (Å²) in [5.41, 5.74) is -0.384. The molecule has 0 amide bonds. The van der Waals surface area contributed by atoms with Crippen LogP contribution in [-0.2, 0) is 6.18 Å². The molecule has 24 heavy (non-hydrogen) atoms. The Bertz CT molecular complexity index is 815. The van der Waals surface area contributed by atoms with E-state index < -0.39 is 17.5 Å². The number of rotatable bonds is 4. The number of nitriles is 1. The Morgan fingerprint density at radius 3 is 2.38 bits per heavy atom. The Morgan fingerprint density at radius 1 is 1.17 bits per heavy atom. The third-order valence-corrected chi connectivity index (χ3v) is 3.25. The van der Waals surface area contributed by atoms with Crippen LogP contribution in [0.15, 0.2) is 54.1 Å². The normalized spacial score (nSPS) is 11.7. The fraction of sp³-hybridized carbons (Fsp3) is 0.111. The number of hydrogen-bond acceptors (Lipinski definition) is 3. The highest BCUT2D eigenvalue weighted by Crippen LogP contribution is 2.29. The van der Waals surface area contributed by atoms with Gasteiger partial charge in [-0.15, -0.1) is 0 Å². The number of carbonyl (C=O) groups is 1.